The molecule has 18 heavy (non-hydrogen) atoms. The van der Waals surface area contributed by atoms with Crippen LogP contribution in [0.15, 0.2) is 30.3 Å². The molecule has 1 unspecified atom stereocenters. The molecular formula is C16H28N2+2. The van der Waals surface area contributed by atoms with Gasteiger partial charge in [0.05, 0.1) is 32.0 Å². The molecule has 1 aliphatic rings. The summed E-state index contributed by atoms with van der Waals surface area (Å²) in [6.07, 6.45) is 1.34. The van der Waals surface area contributed by atoms with Crippen molar-refractivity contribution in [2.45, 2.75) is 45.3 Å². The maximum absolute atomic E-state index is 2.59. The fraction of sp³-hybridized carbons (Fsp3) is 0.625. The highest BCUT2D eigenvalue weighted by molar-refractivity contribution is 5.16. The zero-order valence-electron chi connectivity index (χ0n) is 12.2. The zero-order valence-corrected chi connectivity index (χ0v) is 12.2. The SMILES string of the molecule is C[C@H]([NH2+][C@@H]1C[C@@H](C)[NH+](C)C[C@H]1C)c1ccccc1. The van der Waals surface area contributed by atoms with Crippen LogP contribution in [-0.4, -0.2) is 25.7 Å². The van der Waals surface area contributed by atoms with Crippen LogP contribution in [0, 0.1) is 5.92 Å². The first-order valence-electron chi connectivity index (χ1n) is 7.30. The predicted molar refractivity (Wildman–Crippen MR) is 75.6 cm³/mol. The van der Waals surface area contributed by atoms with Gasteiger partial charge < -0.3 is 10.2 Å². The van der Waals surface area contributed by atoms with Crippen molar-refractivity contribution in [1.29, 1.82) is 0 Å². The van der Waals surface area contributed by atoms with Gasteiger partial charge >= 0.3 is 0 Å². The highest BCUT2D eigenvalue weighted by Crippen LogP contribution is 2.12. The van der Waals surface area contributed by atoms with Crippen molar-refractivity contribution in [2.75, 3.05) is 13.6 Å². The van der Waals surface area contributed by atoms with Gasteiger partial charge in [0.2, 0.25) is 0 Å². The molecule has 0 saturated carbocycles. The Morgan fingerprint density at radius 3 is 2.56 bits per heavy atom. The number of piperidine rings is 1. The molecule has 1 fully saturated rings. The average Bonchev–Trinajstić information content (AvgIpc) is 2.37. The minimum Gasteiger partial charge on any atom is -0.337 e. The van der Waals surface area contributed by atoms with Gasteiger partial charge in [0.25, 0.3) is 0 Å². The number of likely N-dealkylation sites (tertiary alicyclic amines) is 1. The highest BCUT2D eigenvalue weighted by Gasteiger charge is 2.35. The van der Waals surface area contributed by atoms with Crippen LogP contribution < -0.4 is 10.2 Å². The lowest BCUT2D eigenvalue weighted by molar-refractivity contribution is -0.924. The van der Waals surface area contributed by atoms with E-state index in [1.54, 1.807) is 4.90 Å². The Morgan fingerprint density at radius 2 is 1.89 bits per heavy atom. The lowest BCUT2D eigenvalue weighted by Crippen LogP contribution is -3.16. The number of nitrogens with two attached hydrogens (primary N) is 1. The molecule has 1 saturated heterocycles. The van der Waals surface area contributed by atoms with Crippen molar-refractivity contribution in [1.82, 2.24) is 0 Å². The number of hydrogen-bond acceptors (Lipinski definition) is 0. The molecule has 0 amide bonds. The van der Waals surface area contributed by atoms with Gasteiger partial charge in [0.15, 0.2) is 0 Å². The second kappa shape index (κ2) is 5.85. The van der Waals surface area contributed by atoms with Crippen LogP contribution in [0.5, 0.6) is 0 Å². The van der Waals surface area contributed by atoms with Crippen molar-refractivity contribution in [2.24, 2.45) is 5.92 Å². The van der Waals surface area contributed by atoms with E-state index in [9.17, 15) is 0 Å². The standard InChI is InChI=1S/C16H26N2/c1-12-11-18(4)13(2)10-16(12)17-14(3)15-8-6-5-7-9-15/h5-9,12-14,16-17H,10-11H2,1-4H3/p+2/t12-,13-,14+,16-/m1/s1. The summed E-state index contributed by atoms with van der Waals surface area (Å²) >= 11 is 0. The lowest BCUT2D eigenvalue weighted by Gasteiger charge is -2.36. The topological polar surface area (TPSA) is 21.1 Å². The summed E-state index contributed by atoms with van der Waals surface area (Å²) in [5.41, 5.74) is 1.45. The molecule has 0 spiro atoms. The Kier molecular flexibility index (Phi) is 4.41. The maximum atomic E-state index is 2.59. The Balaban J connectivity index is 1.97. The summed E-state index contributed by atoms with van der Waals surface area (Å²) in [6.45, 7) is 8.44. The van der Waals surface area contributed by atoms with Crippen LogP contribution in [-0.2, 0) is 0 Å². The third kappa shape index (κ3) is 3.12. The third-order valence-electron chi connectivity index (χ3n) is 4.70. The molecule has 2 rings (SSSR count). The van der Waals surface area contributed by atoms with Crippen LogP contribution in [0.4, 0.5) is 0 Å². The van der Waals surface area contributed by atoms with Crippen LogP contribution in [0.1, 0.15) is 38.8 Å². The summed E-state index contributed by atoms with van der Waals surface area (Å²) < 4.78 is 0. The highest BCUT2D eigenvalue weighted by atomic mass is 15.2. The van der Waals surface area contributed by atoms with Gasteiger partial charge in [-0.25, -0.2) is 0 Å². The van der Waals surface area contributed by atoms with E-state index in [-0.39, 0.29) is 0 Å². The largest absolute Gasteiger partial charge is 0.337 e. The van der Waals surface area contributed by atoms with Gasteiger partial charge in [-0.3, -0.25) is 0 Å². The molecule has 1 aliphatic heterocycles. The Hall–Kier alpha value is -0.860. The smallest absolute Gasteiger partial charge is 0.109 e. The van der Waals surface area contributed by atoms with E-state index in [2.05, 4.69) is 63.5 Å². The van der Waals surface area contributed by atoms with E-state index in [1.807, 2.05) is 0 Å². The fourth-order valence-corrected chi connectivity index (χ4v) is 3.21. The van der Waals surface area contributed by atoms with Gasteiger partial charge in [-0.2, -0.15) is 0 Å². The third-order valence-corrected chi connectivity index (χ3v) is 4.70. The molecule has 1 aromatic carbocycles. The van der Waals surface area contributed by atoms with Crippen LogP contribution >= 0.6 is 0 Å². The molecule has 5 atom stereocenters. The first-order chi connectivity index (χ1) is 8.58. The molecule has 100 valence electrons. The van der Waals surface area contributed by atoms with Crippen molar-refractivity contribution in [3.8, 4) is 0 Å². The normalized spacial score (nSPS) is 34.2. The number of quaternary nitrogens is 2. The summed E-state index contributed by atoms with van der Waals surface area (Å²) in [4.78, 5) is 1.69. The molecular weight excluding hydrogens is 220 g/mol. The minimum atomic E-state index is 0.573. The Bertz CT molecular complexity index is 363. The number of rotatable bonds is 3. The minimum absolute atomic E-state index is 0.573. The van der Waals surface area contributed by atoms with Gasteiger partial charge in [0, 0.05) is 5.56 Å². The monoisotopic (exact) mass is 248 g/mol. The average molecular weight is 248 g/mol. The maximum Gasteiger partial charge on any atom is 0.109 e. The van der Waals surface area contributed by atoms with E-state index in [0.29, 0.717) is 6.04 Å². The summed E-state index contributed by atoms with van der Waals surface area (Å²) in [5, 5.41) is 2.59. The molecule has 0 aromatic heterocycles. The van der Waals surface area contributed by atoms with E-state index in [1.165, 1.54) is 18.5 Å². The number of hydrogen-bond donors (Lipinski definition) is 2. The molecule has 2 nitrogen and oxygen atoms in total. The molecule has 2 heteroatoms. The second-order valence-electron chi connectivity index (χ2n) is 6.22. The van der Waals surface area contributed by atoms with E-state index in [0.717, 1.165) is 18.0 Å². The van der Waals surface area contributed by atoms with E-state index < -0.39 is 0 Å². The molecule has 1 heterocycles. The Morgan fingerprint density at radius 1 is 1.22 bits per heavy atom. The number of nitrogens with one attached hydrogen (secondary N) is 1. The van der Waals surface area contributed by atoms with Crippen molar-refractivity contribution < 1.29 is 10.2 Å². The Labute approximate surface area is 111 Å². The fourth-order valence-electron chi connectivity index (χ4n) is 3.21. The molecule has 0 aliphatic carbocycles. The molecule has 1 aromatic rings. The lowest BCUT2D eigenvalue weighted by atomic mass is 9.89. The molecule has 0 bridgehead atoms. The molecule has 3 N–H and O–H groups in total. The first kappa shape index (κ1) is 13.6. The number of benzene rings is 1. The van der Waals surface area contributed by atoms with Crippen molar-refractivity contribution in [3.05, 3.63) is 35.9 Å². The first-order valence-corrected chi connectivity index (χ1v) is 7.30. The van der Waals surface area contributed by atoms with Crippen LogP contribution in [0.3, 0.4) is 0 Å². The van der Waals surface area contributed by atoms with Gasteiger partial charge in [0.1, 0.15) is 12.1 Å². The summed E-state index contributed by atoms with van der Waals surface area (Å²) in [7, 11) is 2.33. The van der Waals surface area contributed by atoms with Crippen LogP contribution in [0.25, 0.3) is 0 Å². The quantitative estimate of drug-likeness (QED) is 0.783. The molecule has 0 radical (unpaired) electrons. The van der Waals surface area contributed by atoms with E-state index in [4.69, 9.17) is 0 Å². The van der Waals surface area contributed by atoms with Crippen molar-refractivity contribution >= 4 is 0 Å². The predicted octanol–water partition coefficient (Wildman–Crippen LogP) is 0.623. The van der Waals surface area contributed by atoms with Gasteiger partial charge in [-0.15, -0.1) is 0 Å². The zero-order chi connectivity index (χ0) is 13.1. The summed E-state index contributed by atoms with van der Waals surface area (Å²) in [5.74, 6) is 0.812. The second-order valence-corrected chi connectivity index (χ2v) is 6.22. The van der Waals surface area contributed by atoms with Crippen LogP contribution in [0.2, 0.25) is 0 Å². The van der Waals surface area contributed by atoms with Crippen molar-refractivity contribution in [3.63, 3.8) is 0 Å². The van der Waals surface area contributed by atoms with Gasteiger partial charge in [-0.1, -0.05) is 37.3 Å². The van der Waals surface area contributed by atoms with Gasteiger partial charge in [-0.05, 0) is 13.8 Å². The van der Waals surface area contributed by atoms with E-state index >= 15 is 0 Å². The summed E-state index contributed by atoms with van der Waals surface area (Å²) in [6, 6.07) is 13.0.